The maximum absolute atomic E-state index is 13.3. The number of aromatic nitrogens is 1. The number of benzene rings is 2. The first-order valence-electron chi connectivity index (χ1n) is 8.29. The summed E-state index contributed by atoms with van der Waals surface area (Å²) in [5.41, 5.74) is 1.08. The number of fused-ring (bicyclic) bond motifs is 1. The molecule has 0 aliphatic heterocycles. The van der Waals surface area contributed by atoms with Crippen LogP contribution in [0.1, 0.15) is 16.1 Å². The smallest absolute Gasteiger partial charge is 0.262 e. The van der Waals surface area contributed by atoms with Crippen molar-refractivity contribution in [3.05, 3.63) is 76.2 Å². The van der Waals surface area contributed by atoms with Crippen LogP contribution in [0.15, 0.2) is 59.2 Å². The summed E-state index contributed by atoms with van der Waals surface area (Å²) in [5, 5.41) is 1.28. The first-order chi connectivity index (χ1) is 13.5. The molecule has 28 heavy (non-hydrogen) atoms. The van der Waals surface area contributed by atoms with Gasteiger partial charge in [-0.2, -0.15) is 0 Å². The van der Waals surface area contributed by atoms with Gasteiger partial charge < -0.3 is 9.15 Å². The van der Waals surface area contributed by atoms with E-state index in [0.717, 1.165) is 16.0 Å². The fraction of sp³-hybridized carbons (Fsp3) is 0.100. The molecule has 5 nitrogen and oxygen atoms in total. The number of halogens is 2. The third-order valence-corrected chi connectivity index (χ3v) is 5.72. The Morgan fingerprint density at radius 2 is 2.07 bits per heavy atom. The first kappa shape index (κ1) is 18.8. The third-order valence-electron chi connectivity index (χ3n) is 4.11. The number of thiazole rings is 1. The number of furan rings is 1. The zero-order chi connectivity index (χ0) is 19.7. The lowest BCUT2D eigenvalue weighted by atomic mass is 10.2. The van der Waals surface area contributed by atoms with Gasteiger partial charge in [-0.25, -0.2) is 4.98 Å². The molecule has 0 spiro atoms. The molecule has 2 aromatic carbocycles. The molecule has 0 N–H and O–H groups in total. The minimum absolute atomic E-state index is 0.214. The number of carbonyl (C=O) groups excluding carboxylic acids is 1. The van der Waals surface area contributed by atoms with Gasteiger partial charge in [0.25, 0.3) is 5.91 Å². The molecule has 0 radical (unpaired) electrons. The summed E-state index contributed by atoms with van der Waals surface area (Å²) in [7, 11) is 1.61. The Morgan fingerprint density at radius 1 is 1.21 bits per heavy atom. The van der Waals surface area contributed by atoms with Gasteiger partial charge in [0, 0.05) is 5.02 Å². The number of nitrogens with zero attached hydrogens (tertiary/aromatic N) is 2. The highest BCUT2D eigenvalue weighted by Crippen LogP contribution is 2.34. The normalized spacial score (nSPS) is 11.0. The number of carbonyl (C=O) groups is 1. The molecule has 0 bridgehead atoms. The van der Waals surface area contributed by atoms with E-state index in [1.165, 1.54) is 16.2 Å². The summed E-state index contributed by atoms with van der Waals surface area (Å²) in [6.45, 7) is 0.214. The molecule has 4 aromatic rings. The number of rotatable bonds is 5. The molecule has 0 fully saturated rings. The Balaban J connectivity index is 1.79. The van der Waals surface area contributed by atoms with Crippen molar-refractivity contribution in [3.8, 4) is 5.75 Å². The van der Waals surface area contributed by atoms with Gasteiger partial charge in [0.1, 0.15) is 11.5 Å². The van der Waals surface area contributed by atoms with Gasteiger partial charge in [0.2, 0.25) is 0 Å². The Hall–Kier alpha value is -2.54. The molecule has 0 atom stereocenters. The zero-order valence-corrected chi connectivity index (χ0v) is 17.0. The van der Waals surface area contributed by atoms with Crippen molar-refractivity contribution >= 4 is 55.8 Å². The molecule has 8 heteroatoms. The number of amides is 1. The molecule has 0 saturated heterocycles. The van der Waals surface area contributed by atoms with E-state index < -0.39 is 0 Å². The topological polar surface area (TPSA) is 55.6 Å². The average molecular weight is 433 g/mol. The predicted molar refractivity (Wildman–Crippen MR) is 112 cm³/mol. The second-order valence-corrected chi connectivity index (χ2v) is 7.78. The minimum Gasteiger partial charge on any atom is -0.497 e. The highest BCUT2D eigenvalue weighted by Gasteiger charge is 2.25. The van der Waals surface area contributed by atoms with Crippen LogP contribution in [0, 0.1) is 0 Å². The zero-order valence-electron chi connectivity index (χ0n) is 14.7. The van der Waals surface area contributed by atoms with E-state index in [9.17, 15) is 4.79 Å². The molecular formula is C20H14Cl2N2O3S. The summed E-state index contributed by atoms with van der Waals surface area (Å²) in [4.78, 5) is 19.5. The van der Waals surface area contributed by atoms with Crippen LogP contribution in [-0.2, 0) is 6.54 Å². The SMILES string of the molecule is COc1ccc2nc(N(Cc3ccco3)C(=O)c3cc(Cl)ccc3Cl)sc2c1. The number of hydrogen-bond acceptors (Lipinski definition) is 5. The van der Waals surface area contributed by atoms with Gasteiger partial charge in [-0.3, -0.25) is 9.69 Å². The molecule has 2 aromatic heterocycles. The highest BCUT2D eigenvalue weighted by molar-refractivity contribution is 7.22. The van der Waals surface area contributed by atoms with E-state index >= 15 is 0 Å². The second-order valence-electron chi connectivity index (χ2n) is 5.92. The van der Waals surface area contributed by atoms with Crippen molar-refractivity contribution in [1.29, 1.82) is 0 Å². The van der Waals surface area contributed by atoms with Crippen LogP contribution in [0.4, 0.5) is 5.13 Å². The Bertz CT molecular complexity index is 1140. The molecular weight excluding hydrogens is 419 g/mol. The van der Waals surface area contributed by atoms with Crippen molar-refractivity contribution < 1.29 is 13.9 Å². The largest absolute Gasteiger partial charge is 0.497 e. The lowest BCUT2D eigenvalue weighted by Crippen LogP contribution is -2.30. The molecule has 0 unspecified atom stereocenters. The van der Waals surface area contributed by atoms with Crippen LogP contribution < -0.4 is 9.64 Å². The Morgan fingerprint density at radius 3 is 2.82 bits per heavy atom. The summed E-state index contributed by atoms with van der Waals surface area (Å²) in [6, 6.07) is 13.9. The van der Waals surface area contributed by atoms with E-state index in [2.05, 4.69) is 4.98 Å². The second kappa shape index (κ2) is 7.83. The maximum Gasteiger partial charge on any atom is 0.262 e. The van der Waals surface area contributed by atoms with E-state index in [1.807, 2.05) is 18.2 Å². The van der Waals surface area contributed by atoms with Gasteiger partial charge >= 0.3 is 0 Å². The van der Waals surface area contributed by atoms with Crippen LogP contribution in [-0.4, -0.2) is 18.0 Å². The first-order valence-corrected chi connectivity index (χ1v) is 9.86. The maximum atomic E-state index is 13.3. The quantitative estimate of drug-likeness (QED) is 0.384. The van der Waals surface area contributed by atoms with Gasteiger partial charge in [0.05, 0.1) is 40.7 Å². The molecule has 2 heterocycles. The van der Waals surface area contributed by atoms with Crippen molar-refractivity contribution in [2.24, 2.45) is 0 Å². The standard InChI is InChI=1S/C20H14Cl2N2O3S/c1-26-13-5-7-17-18(10-13)28-20(23-17)24(11-14-3-2-8-27-14)19(25)15-9-12(21)4-6-16(15)22/h2-10H,11H2,1H3. The molecule has 1 amide bonds. The van der Waals surface area contributed by atoms with Gasteiger partial charge in [-0.15, -0.1) is 0 Å². The Kier molecular flexibility index (Phi) is 5.26. The number of methoxy groups -OCH3 is 1. The molecule has 0 saturated carbocycles. The number of ether oxygens (including phenoxy) is 1. The predicted octanol–water partition coefficient (Wildman–Crippen LogP) is 6.05. The van der Waals surface area contributed by atoms with Crippen LogP contribution in [0.5, 0.6) is 5.75 Å². The minimum atomic E-state index is -0.310. The van der Waals surface area contributed by atoms with Gasteiger partial charge in [-0.05, 0) is 48.5 Å². The van der Waals surface area contributed by atoms with Crippen molar-refractivity contribution in [2.75, 3.05) is 12.0 Å². The van der Waals surface area contributed by atoms with Gasteiger partial charge in [0.15, 0.2) is 5.13 Å². The lowest BCUT2D eigenvalue weighted by Gasteiger charge is -2.19. The third kappa shape index (κ3) is 3.71. The summed E-state index contributed by atoms with van der Waals surface area (Å²) in [6.07, 6.45) is 1.56. The van der Waals surface area contributed by atoms with E-state index in [4.69, 9.17) is 32.4 Å². The van der Waals surface area contributed by atoms with E-state index in [0.29, 0.717) is 26.5 Å². The van der Waals surface area contributed by atoms with Crippen molar-refractivity contribution in [2.45, 2.75) is 6.54 Å². The highest BCUT2D eigenvalue weighted by atomic mass is 35.5. The number of anilines is 1. The monoisotopic (exact) mass is 432 g/mol. The molecule has 142 valence electrons. The molecule has 0 aliphatic rings. The fourth-order valence-electron chi connectivity index (χ4n) is 2.73. The number of hydrogen-bond donors (Lipinski definition) is 0. The van der Waals surface area contributed by atoms with Crippen LogP contribution in [0.25, 0.3) is 10.2 Å². The van der Waals surface area contributed by atoms with Crippen LogP contribution in [0.3, 0.4) is 0 Å². The summed E-state index contributed by atoms with van der Waals surface area (Å²) >= 11 is 13.7. The average Bonchev–Trinajstić information content (AvgIpc) is 3.36. The molecule has 4 rings (SSSR count). The van der Waals surface area contributed by atoms with Gasteiger partial charge in [-0.1, -0.05) is 34.5 Å². The van der Waals surface area contributed by atoms with E-state index in [1.54, 1.807) is 43.7 Å². The van der Waals surface area contributed by atoms with Crippen LogP contribution in [0.2, 0.25) is 10.0 Å². The van der Waals surface area contributed by atoms with Crippen molar-refractivity contribution in [1.82, 2.24) is 4.98 Å². The van der Waals surface area contributed by atoms with Crippen LogP contribution >= 0.6 is 34.5 Å². The summed E-state index contributed by atoms with van der Waals surface area (Å²) < 4.78 is 11.6. The lowest BCUT2D eigenvalue weighted by molar-refractivity contribution is 0.0983. The fourth-order valence-corrected chi connectivity index (χ4v) is 4.09. The van der Waals surface area contributed by atoms with E-state index in [-0.39, 0.29) is 12.5 Å². The van der Waals surface area contributed by atoms with Crippen molar-refractivity contribution in [3.63, 3.8) is 0 Å². The summed E-state index contributed by atoms with van der Waals surface area (Å²) in [5.74, 6) is 1.04. The molecule has 0 aliphatic carbocycles. The Labute approximate surface area is 175 Å².